The SMILES string of the molecule is O=C(Cc1cccc([N+](=O)[O-])c1)NC1(CO)CCC1. The molecule has 1 aromatic carbocycles. The molecule has 0 unspecified atom stereocenters. The number of nitro groups is 1. The average molecular weight is 264 g/mol. The molecule has 1 aromatic rings. The normalized spacial score (nSPS) is 16.5. The number of non-ortho nitro benzene ring substituents is 1. The minimum Gasteiger partial charge on any atom is -0.394 e. The molecule has 0 spiro atoms. The quantitative estimate of drug-likeness (QED) is 0.616. The van der Waals surface area contributed by atoms with Gasteiger partial charge in [0.1, 0.15) is 0 Å². The van der Waals surface area contributed by atoms with Crippen LogP contribution in [0.25, 0.3) is 0 Å². The summed E-state index contributed by atoms with van der Waals surface area (Å²) in [5.74, 6) is -0.214. The van der Waals surface area contributed by atoms with Gasteiger partial charge in [0.2, 0.25) is 5.91 Å². The van der Waals surface area contributed by atoms with E-state index in [1.807, 2.05) is 0 Å². The number of amides is 1. The summed E-state index contributed by atoms with van der Waals surface area (Å²) < 4.78 is 0. The highest BCUT2D eigenvalue weighted by Gasteiger charge is 2.37. The van der Waals surface area contributed by atoms with Crippen molar-refractivity contribution in [3.8, 4) is 0 Å². The highest BCUT2D eigenvalue weighted by Crippen LogP contribution is 2.31. The molecule has 0 bridgehead atoms. The molecule has 0 aliphatic heterocycles. The zero-order valence-electron chi connectivity index (χ0n) is 10.5. The van der Waals surface area contributed by atoms with Crippen molar-refractivity contribution in [3.63, 3.8) is 0 Å². The molecule has 0 aromatic heterocycles. The monoisotopic (exact) mass is 264 g/mol. The number of nitrogens with one attached hydrogen (secondary N) is 1. The Morgan fingerprint density at radius 2 is 2.21 bits per heavy atom. The van der Waals surface area contributed by atoms with Crippen molar-refractivity contribution in [1.29, 1.82) is 0 Å². The van der Waals surface area contributed by atoms with Crippen LogP contribution in [0.2, 0.25) is 0 Å². The van der Waals surface area contributed by atoms with E-state index in [4.69, 9.17) is 0 Å². The summed E-state index contributed by atoms with van der Waals surface area (Å²) in [6.07, 6.45) is 2.65. The summed E-state index contributed by atoms with van der Waals surface area (Å²) in [6.45, 7) is -0.0618. The summed E-state index contributed by atoms with van der Waals surface area (Å²) in [5, 5.41) is 22.7. The summed E-state index contributed by atoms with van der Waals surface area (Å²) in [4.78, 5) is 22.0. The second-order valence-electron chi connectivity index (χ2n) is 4.94. The average Bonchev–Trinajstić information content (AvgIpc) is 2.34. The van der Waals surface area contributed by atoms with Crippen LogP contribution < -0.4 is 5.32 Å². The van der Waals surface area contributed by atoms with Gasteiger partial charge in [0.05, 0.1) is 23.5 Å². The molecule has 1 fully saturated rings. The first-order valence-corrected chi connectivity index (χ1v) is 6.20. The fourth-order valence-corrected chi connectivity index (χ4v) is 2.23. The summed E-state index contributed by atoms with van der Waals surface area (Å²) in [7, 11) is 0. The van der Waals surface area contributed by atoms with Crippen molar-refractivity contribution in [2.24, 2.45) is 0 Å². The third-order valence-corrected chi connectivity index (χ3v) is 3.50. The molecule has 6 heteroatoms. The maximum Gasteiger partial charge on any atom is 0.269 e. The zero-order valence-corrected chi connectivity index (χ0v) is 10.5. The van der Waals surface area contributed by atoms with Gasteiger partial charge in [0.25, 0.3) is 5.69 Å². The van der Waals surface area contributed by atoms with E-state index >= 15 is 0 Å². The zero-order chi connectivity index (χ0) is 13.9. The Morgan fingerprint density at radius 3 is 2.74 bits per heavy atom. The molecule has 6 nitrogen and oxygen atoms in total. The lowest BCUT2D eigenvalue weighted by Crippen LogP contribution is -2.56. The molecule has 1 amide bonds. The van der Waals surface area contributed by atoms with E-state index in [-0.39, 0.29) is 24.6 Å². The lowest BCUT2D eigenvalue weighted by atomic mass is 9.77. The number of aliphatic hydroxyl groups is 1. The highest BCUT2D eigenvalue weighted by atomic mass is 16.6. The number of hydrogen-bond donors (Lipinski definition) is 2. The van der Waals surface area contributed by atoms with E-state index < -0.39 is 10.5 Å². The first-order valence-electron chi connectivity index (χ1n) is 6.20. The maximum atomic E-state index is 11.9. The van der Waals surface area contributed by atoms with Crippen molar-refractivity contribution >= 4 is 11.6 Å². The lowest BCUT2D eigenvalue weighted by molar-refractivity contribution is -0.384. The standard InChI is InChI=1S/C13H16N2O4/c16-9-13(5-2-6-13)14-12(17)8-10-3-1-4-11(7-10)15(18)19/h1,3-4,7,16H,2,5-6,8-9H2,(H,14,17). The van der Waals surface area contributed by atoms with Gasteiger partial charge in [-0.1, -0.05) is 12.1 Å². The van der Waals surface area contributed by atoms with Crippen molar-refractivity contribution in [1.82, 2.24) is 5.32 Å². The first-order chi connectivity index (χ1) is 9.04. The van der Waals surface area contributed by atoms with Crippen molar-refractivity contribution in [3.05, 3.63) is 39.9 Å². The number of aliphatic hydroxyl groups excluding tert-OH is 1. The van der Waals surface area contributed by atoms with E-state index in [1.165, 1.54) is 12.1 Å². The fraction of sp³-hybridized carbons (Fsp3) is 0.462. The molecule has 0 saturated heterocycles. The number of nitro benzene ring substituents is 1. The largest absolute Gasteiger partial charge is 0.394 e. The van der Waals surface area contributed by atoms with Crippen LogP contribution in [0.15, 0.2) is 24.3 Å². The minimum absolute atomic E-state index is 0.0224. The third kappa shape index (κ3) is 3.08. The molecule has 19 heavy (non-hydrogen) atoms. The molecular formula is C13H16N2O4. The number of hydrogen-bond acceptors (Lipinski definition) is 4. The van der Waals surface area contributed by atoms with Gasteiger partial charge in [0.15, 0.2) is 0 Å². The molecule has 0 heterocycles. The van der Waals surface area contributed by atoms with E-state index in [1.54, 1.807) is 12.1 Å². The smallest absolute Gasteiger partial charge is 0.269 e. The van der Waals surface area contributed by atoms with Crippen LogP contribution in [0.5, 0.6) is 0 Å². The van der Waals surface area contributed by atoms with Crippen LogP contribution in [0.3, 0.4) is 0 Å². The van der Waals surface area contributed by atoms with Crippen molar-refractivity contribution < 1.29 is 14.8 Å². The van der Waals surface area contributed by atoms with Crippen molar-refractivity contribution in [2.45, 2.75) is 31.2 Å². The Bertz CT molecular complexity index is 492. The highest BCUT2D eigenvalue weighted by molar-refractivity contribution is 5.79. The summed E-state index contributed by atoms with van der Waals surface area (Å²) >= 11 is 0. The summed E-state index contributed by atoms with van der Waals surface area (Å²) in [6, 6.07) is 6.03. The van der Waals surface area contributed by atoms with Gasteiger partial charge in [-0.05, 0) is 24.8 Å². The van der Waals surface area contributed by atoms with Crippen LogP contribution >= 0.6 is 0 Å². The molecule has 2 rings (SSSR count). The van der Waals surface area contributed by atoms with Gasteiger partial charge in [-0.15, -0.1) is 0 Å². The van der Waals surface area contributed by atoms with Crippen LogP contribution in [-0.4, -0.2) is 28.1 Å². The number of nitrogens with zero attached hydrogens (tertiary/aromatic N) is 1. The second kappa shape index (κ2) is 5.36. The topological polar surface area (TPSA) is 92.5 Å². The Balaban J connectivity index is 1.99. The van der Waals surface area contributed by atoms with Crippen LogP contribution in [0.1, 0.15) is 24.8 Å². The molecule has 1 saturated carbocycles. The number of rotatable bonds is 5. The lowest BCUT2D eigenvalue weighted by Gasteiger charge is -2.41. The van der Waals surface area contributed by atoms with Gasteiger partial charge in [-0.3, -0.25) is 14.9 Å². The third-order valence-electron chi connectivity index (χ3n) is 3.50. The van der Waals surface area contributed by atoms with Crippen molar-refractivity contribution in [2.75, 3.05) is 6.61 Å². The Labute approximate surface area is 110 Å². The predicted octanol–water partition coefficient (Wildman–Crippen LogP) is 1.17. The molecular weight excluding hydrogens is 248 g/mol. The Hall–Kier alpha value is -1.95. The molecule has 0 atom stereocenters. The first kappa shape index (κ1) is 13.5. The molecule has 1 aliphatic rings. The number of benzene rings is 1. The molecule has 102 valence electrons. The molecule has 0 radical (unpaired) electrons. The maximum absolute atomic E-state index is 11.9. The van der Waals surface area contributed by atoms with E-state index in [0.29, 0.717) is 5.56 Å². The van der Waals surface area contributed by atoms with E-state index in [2.05, 4.69) is 5.32 Å². The summed E-state index contributed by atoms with van der Waals surface area (Å²) in [5.41, 5.74) is 0.0996. The van der Waals surface area contributed by atoms with E-state index in [9.17, 15) is 20.0 Å². The van der Waals surface area contributed by atoms with Crippen LogP contribution in [0, 0.1) is 10.1 Å². The number of carbonyl (C=O) groups excluding carboxylic acids is 1. The Kier molecular flexibility index (Phi) is 3.80. The van der Waals surface area contributed by atoms with Gasteiger partial charge >= 0.3 is 0 Å². The Morgan fingerprint density at radius 1 is 1.47 bits per heavy atom. The molecule has 1 aliphatic carbocycles. The minimum atomic E-state index is -0.484. The van der Waals surface area contributed by atoms with Gasteiger partial charge < -0.3 is 10.4 Å². The van der Waals surface area contributed by atoms with Gasteiger partial charge in [-0.25, -0.2) is 0 Å². The van der Waals surface area contributed by atoms with Crippen LogP contribution in [0.4, 0.5) is 5.69 Å². The number of carbonyl (C=O) groups is 1. The van der Waals surface area contributed by atoms with E-state index in [0.717, 1.165) is 19.3 Å². The van der Waals surface area contributed by atoms with Gasteiger partial charge in [-0.2, -0.15) is 0 Å². The second-order valence-corrected chi connectivity index (χ2v) is 4.94. The van der Waals surface area contributed by atoms with Gasteiger partial charge in [0, 0.05) is 12.1 Å². The molecule has 2 N–H and O–H groups in total. The van der Waals surface area contributed by atoms with Crippen LogP contribution in [-0.2, 0) is 11.2 Å². The fourth-order valence-electron chi connectivity index (χ4n) is 2.23. The predicted molar refractivity (Wildman–Crippen MR) is 68.6 cm³/mol.